The van der Waals surface area contributed by atoms with E-state index in [9.17, 15) is 0 Å². The molecule has 0 amide bonds. The van der Waals surface area contributed by atoms with Crippen molar-refractivity contribution in [1.82, 2.24) is 15.4 Å². The maximum atomic E-state index is 5.58. The van der Waals surface area contributed by atoms with E-state index in [1.54, 1.807) is 11.3 Å². The van der Waals surface area contributed by atoms with Gasteiger partial charge in [-0.05, 0) is 50.3 Å². The first kappa shape index (κ1) is 18.0. The van der Waals surface area contributed by atoms with E-state index in [0.717, 1.165) is 68.3 Å². The van der Waals surface area contributed by atoms with Gasteiger partial charge in [-0.2, -0.15) is 0 Å². The highest BCUT2D eigenvalue weighted by molar-refractivity contribution is 7.25. The fourth-order valence-corrected chi connectivity index (χ4v) is 5.78. The smallest absolute Gasteiger partial charge is 0.279 e. The first-order chi connectivity index (χ1) is 13.8. The van der Waals surface area contributed by atoms with E-state index < -0.39 is 0 Å². The number of nitrogens with one attached hydrogen (secondary N) is 1. The van der Waals surface area contributed by atoms with Crippen molar-refractivity contribution in [2.45, 2.75) is 39.5 Å². The molecule has 1 aliphatic heterocycles. The van der Waals surface area contributed by atoms with Crippen LogP contribution in [0.15, 0.2) is 0 Å². The molecule has 8 heteroatoms. The number of hydrogen-bond acceptors (Lipinski definition) is 7. The summed E-state index contributed by atoms with van der Waals surface area (Å²) in [5.41, 5.74) is 3.96. The summed E-state index contributed by atoms with van der Waals surface area (Å²) in [5, 5.41) is 14.3. The number of aromatic amines is 1. The van der Waals surface area contributed by atoms with E-state index in [1.165, 1.54) is 40.0 Å². The van der Waals surface area contributed by atoms with Crippen molar-refractivity contribution in [3.05, 3.63) is 11.1 Å². The number of nitrogens with zero attached hydrogens (tertiary/aromatic N) is 5. The minimum Gasteiger partial charge on any atom is -0.373 e. The molecule has 4 heterocycles. The van der Waals surface area contributed by atoms with E-state index in [2.05, 4.69) is 44.0 Å². The first-order valence-corrected chi connectivity index (χ1v) is 11.2. The molecule has 2 aliphatic rings. The molecule has 0 atom stereocenters. The number of ether oxygens (including phenoxy) is 1. The first-order valence-electron chi connectivity index (χ1n) is 10.4. The number of hydrogen-bond donors (Lipinski definition) is 0. The lowest BCUT2D eigenvalue weighted by atomic mass is 9.90. The van der Waals surface area contributed by atoms with Crippen LogP contribution >= 0.6 is 11.3 Å². The summed E-state index contributed by atoms with van der Waals surface area (Å²) < 4.78 is 6.73. The fraction of sp³-hybridized carbons (Fsp3) is 0.600. The fourth-order valence-electron chi connectivity index (χ4n) is 4.60. The molecule has 0 saturated carbocycles. The van der Waals surface area contributed by atoms with Crippen LogP contribution in [-0.2, 0) is 17.6 Å². The summed E-state index contributed by atoms with van der Waals surface area (Å²) >= 11 is 1.78. The third kappa shape index (κ3) is 2.81. The number of anilines is 2. The summed E-state index contributed by atoms with van der Waals surface area (Å²) in [6, 6.07) is 0. The van der Waals surface area contributed by atoms with Gasteiger partial charge < -0.3 is 9.64 Å². The third-order valence-corrected chi connectivity index (χ3v) is 7.14. The van der Waals surface area contributed by atoms with Gasteiger partial charge in [-0.1, -0.05) is 11.3 Å². The Morgan fingerprint density at radius 1 is 1.07 bits per heavy atom. The Morgan fingerprint density at radius 2 is 1.82 bits per heavy atom. The number of morpholine rings is 1. The Morgan fingerprint density at radius 3 is 2.57 bits per heavy atom. The average molecular weight is 400 g/mol. The minimum atomic E-state index is 0.800. The van der Waals surface area contributed by atoms with Crippen molar-refractivity contribution in [3.8, 4) is 0 Å². The van der Waals surface area contributed by atoms with Gasteiger partial charge in [0.05, 0.1) is 18.6 Å². The van der Waals surface area contributed by atoms with Crippen LogP contribution in [0.3, 0.4) is 0 Å². The number of pyridine rings is 1. The standard InChI is InChI=1S/C20H26N6OS/c1-3-25(4-2)19-17-16(22-24-23-19)15-13-7-5-6-8-14(13)18(21-20(15)28-17)26-9-11-27-12-10-26/h3-12H2,1-2H3/p+1. The lowest BCUT2D eigenvalue weighted by Crippen LogP contribution is -2.40. The van der Waals surface area contributed by atoms with E-state index >= 15 is 0 Å². The van der Waals surface area contributed by atoms with Gasteiger partial charge in [0.2, 0.25) is 0 Å². The zero-order valence-electron chi connectivity index (χ0n) is 16.6. The van der Waals surface area contributed by atoms with Crippen LogP contribution in [0.1, 0.15) is 37.8 Å². The van der Waals surface area contributed by atoms with Gasteiger partial charge in [-0.25, -0.2) is 4.98 Å². The van der Waals surface area contributed by atoms with Gasteiger partial charge in [0.15, 0.2) is 10.6 Å². The highest BCUT2D eigenvalue weighted by Gasteiger charge is 2.31. The quantitative estimate of drug-likeness (QED) is 0.672. The van der Waals surface area contributed by atoms with Crippen LogP contribution in [0.25, 0.3) is 20.4 Å². The van der Waals surface area contributed by atoms with Gasteiger partial charge in [-0.15, -0.1) is 10.2 Å². The third-order valence-electron chi connectivity index (χ3n) is 6.05. The highest BCUT2D eigenvalue weighted by atomic mass is 32.1. The number of aromatic nitrogens is 4. The van der Waals surface area contributed by atoms with E-state index in [4.69, 9.17) is 4.74 Å². The monoisotopic (exact) mass is 399 g/mol. The Hall–Kier alpha value is -2.06. The van der Waals surface area contributed by atoms with Crippen LogP contribution in [0.2, 0.25) is 0 Å². The summed E-state index contributed by atoms with van der Waals surface area (Å²) in [5.74, 6) is 2.25. The van der Waals surface area contributed by atoms with Crippen molar-refractivity contribution in [2.24, 2.45) is 0 Å². The van der Waals surface area contributed by atoms with E-state index in [-0.39, 0.29) is 0 Å². The summed E-state index contributed by atoms with van der Waals surface area (Å²) in [6.07, 6.45) is 4.75. The predicted molar refractivity (Wildman–Crippen MR) is 113 cm³/mol. The molecule has 1 N–H and O–H groups in total. The predicted octanol–water partition coefficient (Wildman–Crippen LogP) is 2.62. The van der Waals surface area contributed by atoms with Crippen molar-refractivity contribution in [3.63, 3.8) is 0 Å². The lowest BCUT2D eigenvalue weighted by molar-refractivity contribution is -0.328. The van der Waals surface area contributed by atoms with Crippen molar-refractivity contribution in [2.75, 3.05) is 49.2 Å². The van der Waals surface area contributed by atoms with Crippen molar-refractivity contribution >= 4 is 43.4 Å². The van der Waals surface area contributed by atoms with Crippen LogP contribution in [0, 0.1) is 0 Å². The van der Waals surface area contributed by atoms with Crippen LogP contribution < -0.4 is 14.8 Å². The van der Waals surface area contributed by atoms with Gasteiger partial charge in [0.25, 0.3) is 5.82 Å². The van der Waals surface area contributed by atoms with E-state index in [0.29, 0.717) is 0 Å². The van der Waals surface area contributed by atoms with Crippen molar-refractivity contribution < 1.29 is 9.72 Å². The maximum Gasteiger partial charge on any atom is 0.279 e. The van der Waals surface area contributed by atoms with Crippen molar-refractivity contribution in [1.29, 1.82) is 0 Å². The molecule has 1 saturated heterocycles. The van der Waals surface area contributed by atoms with Gasteiger partial charge in [0.1, 0.15) is 23.3 Å². The molecule has 7 nitrogen and oxygen atoms in total. The number of H-pyrrole nitrogens is 1. The molecule has 148 valence electrons. The zero-order chi connectivity index (χ0) is 19.1. The Kier molecular flexibility index (Phi) is 4.76. The van der Waals surface area contributed by atoms with Gasteiger partial charge >= 0.3 is 0 Å². The second-order valence-corrected chi connectivity index (χ2v) is 8.53. The zero-order valence-corrected chi connectivity index (χ0v) is 17.4. The van der Waals surface area contributed by atoms with Gasteiger partial charge in [-0.3, -0.25) is 4.90 Å². The summed E-state index contributed by atoms with van der Waals surface area (Å²) in [4.78, 5) is 9.72. The molecule has 1 fully saturated rings. The van der Waals surface area contributed by atoms with Crippen LogP contribution in [-0.4, -0.2) is 54.8 Å². The Balaban J connectivity index is 1.77. The van der Waals surface area contributed by atoms with E-state index in [1.807, 2.05) is 0 Å². The number of rotatable bonds is 4. The normalized spacial score (nSPS) is 17.3. The number of fused-ring (bicyclic) bond motifs is 5. The number of thiophene rings is 1. The molecule has 3 aromatic heterocycles. The molecule has 0 bridgehead atoms. The largest absolute Gasteiger partial charge is 0.373 e. The van der Waals surface area contributed by atoms with Crippen LogP contribution in [0.4, 0.5) is 11.6 Å². The minimum absolute atomic E-state index is 0.800. The molecular formula is C20H27N6OS+. The number of aryl methyl sites for hydroxylation is 1. The van der Waals surface area contributed by atoms with Gasteiger partial charge in [0, 0.05) is 18.7 Å². The molecule has 0 aromatic carbocycles. The summed E-state index contributed by atoms with van der Waals surface area (Å²) in [7, 11) is 0. The second kappa shape index (κ2) is 7.40. The lowest BCUT2D eigenvalue weighted by Gasteiger charge is -2.25. The molecule has 1 aliphatic carbocycles. The molecule has 0 spiro atoms. The molecule has 5 rings (SSSR count). The summed E-state index contributed by atoms with van der Waals surface area (Å²) in [6.45, 7) is 9.66. The molecular weight excluding hydrogens is 372 g/mol. The molecule has 3 aromatic rings. The topological polar surface area (TPSA) is 68.5 Å². The second-order valence-electron chi connectivity index (χ2n) is 7.51. The van der Waals surface area contributed by atoms with Crippen LogP contribution in [0.5, 0.6) is 0 Å². The Bertz CT molecular complexity index is 1010. The Labute approximate surface area is 168 Å². The molecule has 0 unspecified atom stereocenters. The highest BCUT2D eigenvalue weighted by Crippen LogP contribution is 2.41. The molecule has 0 radical (unpaired) electrons. The molecule has 28 heavy (non-hydrogen) atoms. The average Bonchev–Trinajstić information content (AvgIpc) is 3.14. The maximum absolute atomic E-state index is 5.58. The SMILES string of the molecule is CCN(CC)c1nnnc2c1sc1[nH+]c(N3CCOCC3)c3c(c12)CCCC3.